The van der Waals surface area contributed by atoms with Gasteiger partial charge in [0.25, 0.3) is 0 Å². The van der Waals surface area contributed by atoms with Crippen LogP contribution in [0.25, 0.3) is 0 Å². The number of aliphatic imine (C=N–C) groups is 1. The topological polar surface area (TPSA) is 131 Å². The summed E-state index contributed by atoms with van der Waals surface area (Å²) in [5.41, 5.74) is 0.635. The Labute approximate surface area is 168 Å². The van der Waals surface area contributed by atoms with Crippen molar-refractivity contribution in [1.82, 2.24) is 4.31 Å². The zero-order valence-electron chi connectivity index (χ0n) is 15.7. The Morgan fingerprint density at radius 1 is 1.17 bits per heavy atom. The van der Waals surface area contributed by atoms with Gasteiger partial charge >= 0.3 is 5.97 Å². The first-order valence-corrected chi connectivity index (χ1v) is 10.3. The molecule has 3 rings (SSSR count). The van der Waals surface area contributed by atoms with Gasteiger partial charge in [-0.05, 0) is 49.4 Å². The lowest BCUT2D eigenvalue weighted by atomic mass is 10.2. The molecular formula is C19H20N3O6S-. The number of nitrogens with one attached hydrogen (secondary N) is 1. The van der Waals surface area contributed by atoms with Gasteiger partial charge in [-0.25, -0.2) is 18.2 Å². The molecular weight excluding hydrogens is 398 g/mol. The zero-order valence-corrected chi connectivity index (χ0v) is 16.5. The number of amidine groups is 1. The van der Waals surface area contributed by atoms with Crippen LogP contribution in [0.15, 0.2) is 52.4 Å². The fraction of sp³-hybridized carbons (Fsp3) is 0.263. The number of carboxylic acid groups (broad SMARTS) is 1. The number of ether oxygens (including phenoxy) is 1. The summed E-state index contributed by atoms with van der Waals surface area (Å²) in [6.07, 6.45) is 0. The van der Waals surface area contributed by atoms with Gasteiger partial charge in [-0.15, -0.1) is 0 Å². The normalized spacial score (nSPS) is 15.8. The van der Waals surface area contributed by atoms with E-state index < -0.39 is 21.7 Å². The summed E-state index contributed by atoms with van der Waals surface area (Å²) >= 11 is 0. The van der Waals surface area contributed by atoms with Gasteiger partial charge in [0.1, 0.15) is 5.84 Å². The van der Waals surface area contributed by atoms with Gasteiger partial charge in [0.15, 0.2) is 0 Å². The van der Waals surface area contributed by atoms with E-state index >= 15 is 0 Å². The molecule has 1 aliphatic rings. The van der Waals surface area contributed by atoms with Gasteiger partial charge in [0.05, 0.1) is 29.4 Å². The van der Waals surface area contributed by atoms with E-state index in [1.54, 1.807) is 19.1 Å². The minimum Gasteiger partial charge on any atom is -0.872 e. The molecule has 154 valence electrons. The van der Waals surface area contributed by atoms with E-state index in [1.165, 1.54) is 34.6 Å². The highest BCUT2D eigenvalue weighted by Crippen LogP contribution is 2.22. The lowest BCUT2D eigenvalue weighted by molar-refractivity contribution is -0.268. The number of hydrogen-bond donors (Lipinski definition) is 2. The van der Waals surface area contributed by atoms with Crippen molar-refractivity contribution in [1.29, 1.82) is 0 Å². The number of anilines is 1. The molecule has 2 aromatic rings. The van der Waals surface area contributed by atoms with Crippen LogP contribution in [-0.2, 0) is 14.8 Å². The van der Waals surface area contributed by atoms with E-state index in [4.69, 9.17) is 9.84 Å². The van der Waals surface area contributed by atoms with E-state index in [-0.39, 0.29) is 10.5 Å². The maximum Gasteiger partial charge on any atom is 0.335 e. The molecule has 0 aromatic heterocycles. The Hall–Kier alpha value is -2.95. The number of hydrogen-bond acceptors (Lipinski definition) is 6. The van der Waals surface area contributed by atoms with Crippen molar-refractivity contribution in [2.24, 2.45) is 4.99 Å². The standard InChI is InChI=1S/C19H21N3O6S/c1-13(21-15-4-7-17(19(24)25)18(23)12-15)20-14-2-5-16(6-3-14)29(26,27)22-8-10-28-11-9-22/h2-7,12,23H,8-11H2,1H3,(H,20,21)(H,24,25)/p-1. The van der Waals surface area contributed by atoms with Crippen molar-refractivity contribution in [2.45, 2.75) is 11.8 Å². The van der Waals surface area contributed by atoms with Gasteiger partial charge in [-0.1, -0.05) is 5.75 Å². The highest BCUT2D eigenvalue weighted by atomic mass is 32.2. The van der Waals surface area contributed by atoms with Crippen molar-refractivity contribution < 1.29 is 28.2 Å². The fourth-order valence-electron chi connectivity index (χ4n) is 2.84. The second kappa shape index (κ2) is 8.60. The monoisotopic (exact) mass is 418 g/mol. The fourth-order valence-corrected chi connectivity index (χ4v) is 4.24. The predicted octanol–water partition coefficient (Wildman–Crippen LogP) is 1.64. The van der Waals surface area contributed by atoms with Crippen LogP contribution in [0.4, 0.5) is 11.4 Å². The van der Waals surface area contributed by atoms with E-state index in [0.29, 0.717) is 43.5 Å². The third-order valence-corrected chi connectivity index (χ3v) is 6.19. The molecule has 9 nitrogen and oxygen atoms in total. The lowest BCUT2D eigenvalue weighted by Crippen LogP contribution is -2.40. The molecule has 1 saturated heterocycles. The predicted molar refractivity (Wildman–Crippen MR) is 105 cm³/mol. The molecule has 1 fully saturated rings. The summed E-state index contributed by atoms with van der Waals surface area (Å²) in [4.78, 5) is 15.4. The number of aromatic carboxylic acids is 1. The average Bonchev–Trinajstić information content (AvgIpc) is 2.69. The van der Waals surface area contributed by atoms with Crippen LogP contribution in [0, 0.1) is 0 Å². The third-order valence-electron chi connectivity index (χ3n) is 4.28. The Morgan fingerprint density at radius 2 is 1.83 bits per heavy atom. The van der Waals surface area contributed by atoms with Crippen molar-refractivity contribution >= 4 is 33.2 Å². The minimum atomic E-state index is -3.57. The van der Waals surface area contributed by atoms with Gasteiger partial charge in [0, 0.05) is 18.8 Å². The van der Waals surface area contributed by atoms with Crippen LogP contribution >= 0.6 is 0 Å². The maximum atomic E-state index is 12.6. The Bertz CT molecular complexity index is 1030. The van der Waals surface area contributed by atoms with E-state index in [1.807, 2.05) is 0 Å². The second-order valence-corrected chi connectivity index (χ2v) is 8.29. The smallest absolute Gasteiger partial charge is 0.335 e. The van der Waals surface area contributed by atoms with Crippen LogP contribution in [0.3, 0.4) is 0 Å². The van der Waals surface area contributed by atoms with Crippen LogP contribution in [0.2, 0.25) is 0 Å². The first-order chi connectivity index (χ1) is 13.8. The van der Waals surface area contributed by atoms with Crippen LogP contribution in [0.1, 0.15) is 17.3 Å². The van der Waals surface area contributed by atoms with Crippen LogP contribution in [-0.4, -0.2) is 55.9 Å². The SMILES string of the molecule is CC(=Nc1ccc(S(=O)(=O)N2CCOCC2)cc1)Nc1ccc(C(=O)O)c([O-])c1. The third kappa shape index (κ3) is 4.91. The van der Waals surface area contributed by atoms with Crippen LogP contribution in [0.5, 0.6) is 5.75 Å². The Balaban J connectivity index is 1.72. The summed E-state index contributed by atoms with van der Waals surface area (Å²) in [7, 11) is -3.57. The summed E-state index contributed by atoms with van der Waals surface area (Å²) in [6.45, 7) is 3.09. The molecule has 2 aromatic carbocycles. The average molecular weight is 418 g/mol. The van der Waals surface area contributed by atoms with E-state index in [9.17, 15) is 18.3 Å². The second-order valence-electron chi connectivity index (χ2n) is 6.35. The molecule has 0 bridgehead atoms. The highest BCUT2D eigenvalue weighted by molar-refractivity contribution is 7.89. The molecule has 0 spiro atoms. The molecule has 0 amide bonds. The van der Waals surface area contributed by atoms with Crippen molar-refractivity contribution in [3.63, 3.8) is 0 Å². The number of rotatable bonds is 5. The summed E-state index contributed by atoms with van der Waals surface area (Å²) in [6, 6.07) is 10.0. The van der Waals surface area contributed by atoms with Gasteiger partial charge in [-0.3, -0.25) is 0 Å². The van der Waals surface area contributed by atoms with Crippen molar-refractivity contribution in [3.8, 4) is 5.75 Å². The minimum absolute atomic E-state index is 0.184. The molecule has 0 saturated carbocycles. The quantitative estimate of drug-likeness (QED) is 0.557. The molecule has 0 aliphatic carbocycles. The molecule has 0 unspecified atom stereocenters. The number of nitrogens with zero attached hydrogens (tertiary/aromatic N) is 2. The zero-order chi connectivity index (χ0) is 21.0. The molecule has 1 heterocycles. The highest BCUT2D eigenvalue weighted by Gasteiger charge is 2.26. The van der Waals surface area contributed by atoms with E-state index in [2.05, 4.69) is 10.3 Å². The van der Waals surface area contributed by atoms with Gasteiger partial charge in [-0.2, -0.15) is 4.31 Å². The van der Waals surface area contributed by atoms with Gasteiger partial charge in [0.2, 0.25) is 10.0 Å². The maximum absolute atomic E-state index is 12.6. The summed E-state index contributed by atoms with van der Waals surface area (Å²) < 4.78 is 31.8. The Morgan fingerprint density at radius 3 is 2.41 bits per heavy atom. The Kier molecular flexibility index (Phi) is 6.16. The molecule has 10 heteroatoms. The molecule has 29 heavy (non-hydrogen) atoms. The first-order valence-electron chi connectivity index (χ1n) is 8.82. The largest absolute Gasteiger partial charge is 0.872 e. The van der Waals surface area contributed by atoms with Crippen molar-refractivity contribution in [2.75, 3.05) is 31.6 Å². The molecule has 2 N–H and O–H groups in total. The lowest BCUT2D eigenvalue weighted by Gasteiger charge is -2.26. The number of morpholine rings is 1. The number of sulfonamides is 1. The van der Waals surface area contributed by atoms with E-state index in [0.717, 1.165) is 0 Å². The number of carbonyl (C=O) groups is 1. The number of carboxylic acids is 1. The summed E-state index contributed by atoms with van der Waals surface area (Å²) in [5, 5.41) is 23.6. The molecule has 1 aliphatic heterocycles. The van der Waals surface area contributed by atoms with Gasteiger partial charge < -0.3 is 20.3 Å². The molecule has 0 radical (unpaired) electrons. The first kappa shape index (κ1) is 20.8. The number of benzene rings is 2. The van der Waals surface area contributed by atoms with Crippen LogP contribution < -0.4 is 10.4 Å². The molecule has 0 atom stereocenters. The van der Waals surface area contributed by atoms with Crippen molar-refractivity contribution in [3.05, 3.63) is 48.0 Å². The summed E-state index contributed by atoms with van der Waals surface area (Å²) in [5.74, 6) is -1.43.